The number of hydrogen-bond acceptors (Lipinski definition) is 7. The number of halogens is 1. The number of anilines is 1. The lowest BCUT2D eigenvalue weighted by molar-refractivity contribution is 0.0274. The molecule has 1 aromatic rings. The zero-order chi connectivity index (χ0) is 22.5. The van der Waals surface area contributed by atoms with Crippen molar-refractivity contribution in [3.63, 3.8) is 0 Å². The molecule has 1 spiro atoms. The Balaban J connectivity index is 2.11. The average molecular weight is 442 g/mol. The number of amides is 1. The molecule has 0 unspecified atom stereocenters. The number of methoxy groups -OCH3 is 1. The SMILES string of the molecule is CO[C@H]1C[C@]2(C1)C(NC(=O)OC(C)(C)C)=N[C@](C)(c1cc(N)ccc1F)CS2(=O)=O. The second-order valence-electron chi connectivity index (χ2n) is 9.12. The highest BCUT2D eigenvalue weighted by atomic mass is 32.2. The standard InChI is InChI=1S/C20H28FN3O5S/c1-18(2,3)29-17(25)23-16-20(9-13(10-20)28-5)30(26,27)11-19(4,24-16)14-8-12(22)6-7-15(14)21/h6-8,13H,9-11,22H2,1-5H3,(H,23,24,25)/t13-,19-,20-/m0/s1. The number of alkyl carbamates (subject to hydrolysis) is 1. The van der Waals surface area contributed by atoms with Crippen molar-refractivity contribution in [1.29, 1.82) is 0 Å². The van der Waals surface area contributed by atoms with E-state index in [1.54, 1.807) is 20.8 Å². The number of nitrogens with one attached hydrogen (secondary N) is 1. The molecule has 3 N–H and O–H groups in total. The van der Waals surface area contributed by atoms with Crippen LogP contribution in [0.25, 0.3) is 0 Å². The normalized spacial score (nSPS) is 30.3. The lowest BCUT2D eigenvalue weighted by Gasteiger charge is -2.50. The first-order valence-electron chi connectivity index (χ1n) is 9.62. The Hall–Kier alpha value is -2.20. The van der Waals surface area contributed by atoms with Crippen molar-refractivity contribution in [2.75, 3.05) is 18.6 Å². The molecular formula is C20H28FN3O5S. The van der Waals surface area contributed by atoms with Crippen LogP contribution in [0.4, 0.5) is 14.9 Å². The first-order chi connectivity index (χ1) is 13.7. The Bertz CT molecular complexity index is 996. The van der Waals surface area contributed by atoms with E-state index in [4.69, 9.17) is 15.2 Å². The minimum atomic E-state index is -3.84. The van der Waals surface area contributed by atoms with Gasteiger partial charge in [0.1, 0.15) is 27.5 Å². The second-order valence-corrected chi connectivity index (χ2v) is 11.4. The average Bonchev–Trinajstić information content (AvgIpc) is 2.52. The van der Waals surface area contributed by atoms with Crippen LogP contribution >= 0.6 is 0 Å². The Morgan fingerprint density at radius 1 is 1.33 bits per heavy atom. The van der Waals surface area contributed by atoms with Gasteiger partial charge in [-0.1, -0.05) is 0 Å². The molecule has 0 radical (unpaired) electrons. The van der Waals surface area contributed by atoms with Crippen LogP contribution < -0.4 is 11.1 Å². The fourth-order valence-electron chi connectivity index (χ4n) is 3.96. The summed E-state index contributed by atoms with van der Waals surface area (Å²) in [6, 6.07) is 3.93. The predicted molar refractivity (Wildman–Crippen MR) is 112 cm³/mol. The summed E-state index contributed by atoms with van der Waals surface area (Å²) in [6.45, 7) is 6.59. The maximum absolute atomic E-state index is 14.6. The van der Waals surface area contributed by atoms with E-state index in [0.29, 0.717) is 0 Å². The van der Waals surface area contributed by atoms with Gasteiger partial charge in [0.25, 0.3) is 0 Å². The highest BCUT2D eigenvalue weighted by Gasteiger charge is 2.63. The molecule has 0 bridgehead atoms. The molecule has 10 heteroatoms. The van der Waals surface area contributed by atoms with E-state index >= 15 is 0 Å². The number of carbonyl (C=O) groups is 1. The summed E-state index contributed by atoms with van der Waals surface area (Å²) in [5.41, 5.74) is 3.88. The number of hydrogen-bond donors (Lipinski definition) is 2. The molecule has 0 aromatic heterocycles. The molecule has 30 heavy (non-hydrogen) atoms. The molecule has 166 valence electrons. The fourth-order valence-corrected chi connectivity index (χ4v) is 6.47. The fraction of sp³-hybridized carbons (Fsp3) is 0.600. The van der Waals surface area contributed by atoms with E-state index < -0.39 is 43.4 Å². The lowest BCUT2D eigenvalue weighted by atomic mass is 9.79. The van der Waals surface area contributed by atoms with Crippen LogP contribution in [0.3, 0.4) is 0 Å². The molecule has 1 aromatic carbocycles. The number of nitrogens with zero attached hydrogens (tertiary/aromatic N) is 1. The van der Waals surface area contributed by atoms with Crippen molar-refractivity contribution in [3.05, 3.63) is 29.6 Å². The van der Waals surface area contributed by atoms with Gasteiger partial charge >= 0.3 is 6.09 Å². The Labute approximate surface area is 175 Å². The van der Waals surface area contributed by atoms with Gasteiger partial charge in [-0.25, -0.2) is 17.6 Å². The van der Waals surface area contributed by atoms with Crippen molar-refractivity contribution in [3.8, 4) is 0 Å². The van der Waals surface area contributed by atoms with Gasteiger partial charge < -0.3 is 15.2 Å². The largest absolute Gasteiger partial charge is 0.444 e. The third-order valence-electron chi connectivity index (χ3n) is 5.49. The third-order valence-corrected chi connectivity index (χ3v) is 8.15. The zero-order valence-corrected chi connectivity index (χ0v) is 18.6. The summed E-state index contributed by atoms with van der Waals surface area (Å²) >= 11 is 0. The van der Waals surface area contributed by atoms with E-state index in [1.165, 1.54) is 32.2 Å². The molecule has 3 rings (SSSR count). The van der Waals surface area contributed by atoms with Crippen LogP contribution in [0.5, 0.6) is 0 Å². The van der Waals surface area contributed by atoms with Crippen LogP contribution in [0.15, 0.2) is 23.2 Å². The van der Waals surface area contributed by atoms with Crippen LogP contribution in [-0.2, 0) is 24.8 Å². The summed E-state index contributed by atoms with van der Waals surface area (Å²) in [6.07, 6.45) is -0.806. The van der Waals surface area contributed by atoms with Crippen molar-refractivity contribution >= 4 is 27.5 Å². The second kappa shape index (κ2) is 7.19. The van der Waals surface area contributed by atoms with E-state index in [-0.39, 0.29) is 36.0 Å². The number of benzene rings is 1. The molecule has 1 fully saturated rings. The minimum Gasteiger partial charge on any atom is -0.444 e. The minimum absolute atomic E-state index is 0.0482. The third kappa shape index (κ3) is 3.90. The number of amidine groups is 1. The first kappa shape index (κ1) is 22.5. The molecule has 1 atom stereocenters. The van der Waals surface area contributed by atoms with Gasteiger partial charge in [-0.15, -0.1) is 0 Å². The van der Waals surface area contributed by atoms with Crippen molar-refractivity contribution < 1.29 is 27.1 Å². The van der Waals surface area contributed by atoms with Crippen LogP contribution in [0.1, 0.15) is 46.1 Å². The van der Waals surface area contributed by atoms with E-state index in [1.807, 2.05) is 0 Å². The summed E-state index contributed by atoms with van der Waals surface area (Å²) in [7, 11) is -2.34. The van der Waals surface area contributed by atoms with Crippen LogP contribution in [0, 0.1) is 5.82 Å². The number of nitrogen functional groups attached to an aromatic ring is 1. The predicted octanol–water partition coefficient (Wildman–Crippen LogP) is 2.52. The lowest BCUT2D eigenvalue weighted by Crippen LogP contribution is -2.67. The highest BCUT2D eigenvalue weighted by Crippen LogP contribution is 2.48. The van der Waals surface area contributed by atoms with Gasteiger partial charge in [-0.3, -0.25) is 10.3 Å². The molecule has 8 nitrogen and oxygen atoms in total. The smallest absolute Gasteiger partial charge is 0.413 e. The summed E-state index contributed by atoms with van der Waals surface area (Å²) in [5, 5.41) is 2.53. The molecule has 1 saturated carbocycles. The Kier molecular flexibility index (Phi) is 5.39. The number of sulfone groups is 1. The van der Waals surface area contributed by atoms with Gasteiger partial charge in [0.2, 0.25) is 0 Å². The molecule has 1 heterocycles. The number of ether oxygens (including phenoxy) is 2. The van der Waals surface area contributed by atoms with Gasteiger partial charge in [0, 0.05) is 31.2 Å². The van der Waals surface area contributed by atoms with Gasteiger partial charge in [0.05, 0.1) is 11.9 Å². The summed E-state index contributed by atoms with van der Waals surface area (Å²) < 4.78 is 50.6. The molecule has 1 amide bonds. The van der Waals surface area contributed by atoms with Crippen molar-refractivity contribution in [2.45, 2.75) is 62.5 Å². The highest BCUT2D eigenvalue weighted by molar-refractivity contribution is 7.93. The quantitative estimate of drug-likeness (QED) is 0.681. The molecule has 1 aliphatic heterocycles. The topological polar surface area (TPSA) is 120 Å². The van der Waals surface area contributed by atoms with E-state index in [2.05, 4.69) is 10.3 Å². The number of rotatable bonds is 2. The Morgan fingerprint density at radius 3 is 2.53 bits per heavy atom. The number of aliphatic imine (C=N–C) groups is 1. The zero-order valence-electron chi connectivity index (χ0n) is 17.8. The Morgan fingerprint density at radius 2 is 1.97 bits per heavy atom. The van der Waals surface area contributed by atoms with Gasteiger partial charge in [-0.2, -0.15) is 0 Å². The molecular weight excluding hydrogens is 413 g/mol. The first-order valence-corrected chi connectivity index (χ1v) is 11.3. The maximum Gasteiger partial charge on any atom is 0.413 e. The number of nitrogens with two attached hydrogens (primary N) is 1. The monoisotopic (exact) mass is 441 g/mol. The van der Waals surface area contributed by atoms with Gasteiger partial charge in [0.15, 0.2) is 9.84 Å². The van der Waals surface area contributed by atoms with Crippen LogP contribution in [-0.4, -0.2) is 49.7 Å². The number of carbonyl (C=O) groups excluding carboxylic acids is 1. The maximum atomic E-state index is 14.6. The van der Waals surface area contributed by atoms with E-state index in [0.717, 1.165) is 0 Å². The summed E-state index contributed by atoms with van der Waals surface area (Å²) in [5.74, 6) is -1.10. The van der Waals surface area contributed by atoms with Crippen molar-refractivity contribution in [1.82, 2.24) is 5.32 Å². The van der Waals surface area contributed by atoms with Crippen LogP contribution in [0.2, 0.25) is 0 Å². The molecule has 1 aliphatic carbocycles. The van der Waals surface area contributed by atoms with E-state index in [9.17, 15) is 17.6 Å². The molecule has 2 aliphatic rings. The van der Waals surface area contributed by atoms with Crippen molar-refractivity contribution in [2.24, 2.45) is 4.99 Å². The summed E-state index contributed by atoms with van der Waals surface area (Å²) in [4.78, 5) is 17.0. The molecule has 0 saturated heterocycles. The van der Waals surface area contributed by atoms with Gasteiger partial charge in [-0.05, 0) is 45.9 Å².